The first kappa shape index (κ1) is 19.1. The number of fused-ring (bicyclic) bond motifs is 1. The molecule has 2 amide bonds. The van der Waals surface area contributed by atoms with Crippen LogP contribution in [0.1, 0.15) is 41.9 Å². The summed E-state index contributed by atoms with van der Waals surface area (Å²) < 4.78 is 20.9. The molecule has 0 fully saturated rings. The van der Waals surface area contributed by atoms with Gasteiger partial charge in [0.15, 0.2) is 5.76 Å². The Balaban J connectivity index is 2.03. The van der Waals surface area contributed by atoms with Gasteiger partial charge in [-0.05, 0) is 30.5 Å². The van der Waals surface area contributed by atoms with Gasteiger partial charge in [0.2, 0.25) is 5.91 Å². The van der Waals surface area contributed by atoms with Gasteiger partial charge in [-0.15, -0.1) is 0 Å². The number of carbonyl (C=O) groups is 2. The summed E-state index contributed by atoms with van der Waals surface area (Å²) in [6.45, 7) is 6.60. The van der Waals surface area contributed by atoms with Crippen molar-refractivity contribution in [2.45, 2.75) is 27.2 Å². The summed E-state index contributed by atoms with van der Waals surface area (Å²) in [6.07, 6.45) is 2.68. The Labute approximate surface area is 158 Å². The average molecular weight is 372 g/mol. The molecule has 27 heavy (non-hydrogen) atoms. The fourth-order valence-corrected chi connectivity index (χ4v) is 3.39. The second-order valence-electron chi connectivity index (χ2n) is 7.54. The van der Waals surface area contributed by atoms with Crippen molar-refractivity contribution in [3.05, 3.63) is 40.9 Å². The molecule has 1 aliphatic rings. The third-order valence-corrected chi connectivity index (χ3v) is 4.84. The van der Waals surface area contributed by atoms with E-state index in [0.29, 0.717) is 36.0 Å². The molecular weight excluding hydrogens is 347 g/mol. The summed E-state index contributed by atoms with van der Waals surface area (Å²) >= 11 is 0. The van der Waals surface area contributed by atoms with Gasteiger partial charge >= 0.3 is 0 Å². The molecule has 5 nitrogen and oxygen atoms in total. The van der Waals surface area contributed by atoms with Crippen LogP contribution in [0.4, 0.5) is 4.39 Å². The molecule has 6 heteroatoms. The molecule has 0 N–H and O–H groups in total. The van der Waals surface area contributed by atoms with E-state index in [1.807, 2.05) is 26.8 Å². The van der Waals surface area contributed by atoms with Crippen molar-refractivity contribution in [1.82, 2.24) is 9.80 Å². The van der Waals surface area contributed by atoms with Gasteiger partial charge in [0.05, 0.1) is 5.39 Å². The van der Waals surface area contributed by atoms with Crippen LogP contribution in [0.5, 0.6) is 0 Å². The largest absolute Gasteiger partial charge is 0.451 e. The Bertz CT molecular complexity index is 941. The van der Waals surface area contributed by atoms with E-state index in [4.69, 9.17) is 4.42 Å². The summed E-state index contributed by atoms with van der Waals surface area (Å²) in [5.41, 5.74) is 2.39. The van der Waals surface area contributed by atoms with Gasteiger partial charge in [-0.1, -0.05) is 19.9 Å². The molecule has 1 aromatic carbocycles. The highest BCUT2D eigenvalue weighted by Crippen LogP contribution is 2.33. The Morgan fingerprint density at radius 2 is 1.96 bits per heavy atom. The van der Waals surface area contributed by atoms with E-state index in [9.17, 15) is 9.59 Å². The minimum Gasteiger partial charge on any atom is -0.451 e. The molecule has 2 heterocycles. The molecule has 0 bridgehead atoms. The van der Waals surface area contributed by atoms with Gasteiger partial charge in [0, 0.05) is 44.7 Å². The second-order valence-corrected chi connectivity index (χ2v) is 7.54. The maximum Gasteiger partial charge on any atom is 0.289 e. The molecule has 0 radical (unpaired) electrons. The van der Waals surface area contributed by atoms with Crippen molar-refractivity contribution in [2.75, 3.05) is 27.2 Å². The molecule has 2 aromatic rings. The van der Waals surface area contributed by atoms with Crippen molar-refractivity contribution in [3.8, 4) is 0 Å². The lowest BCUT2D eigenvalue weighted by molar-refractivity contribution is -0.133. The lowest BCUT2D eigenvalue weighted by atomic mass is 9.96. The summed E-state index contributed by atoms with van der Waals surface area (Å²) in [4.78, 5) is 27.7. The Morgan fingerprint density at radius 3 is 2.59 bits per heavy atom. The Morgan fingerprint density at radius 1 is 1.26 bits per heavy atom. The molecule has 144 valence electrons. The number of benzene rings is 1. The maximum absolute atomic E-state index is 15.3. The number of hydrogen-bond donors (Lipinski definition) is 0. The van der Waals surface area contributed by atoms with Crippen LogP contribution in [0.3, 0.4) is 0 Å². The summed E-state index contributed by atoms with van der Waals surface area (Å²) in [5, 5.41) is 0.295. The molecule has 0 aliphatic carbocycles. The molecule has 1 aliphatic heterocycles. The maximum atomic E-state index is 15.3. The molecule has 3 rings (SSSR count). The molecule has 0 saturated carbocycles. The second kappa shape index (κ2) is 7.18. The SMILES string of the molecule is Cc1cc(C2=CCCN(C(=O)C(C)C)C2)c(F)c2cc(C(=O)N(C)C)oc12. The van der Waals surface area contributed by atoms with Gasteiger partial charge in [-0.25, -0.2) is 4.39 Å². The zero-order chi connectivity index (χ0) is 19.9. The van der Waals surface area contributed by atoms with Gasteiger partial charge in [0.25, 0.3) is 5.91 Å². The fourth-order valence-electron chi connectivity index (χ4n) is 3.39. The highest BCUT2D eigenvalue weighted by molar-refractivity contribution is 5.97. The van der Waals surface area contributed by atoms with Crippen LogP contribution in [0.15, 0.2) is 22.6 Å². The van der Waals surface area contributed by atoms with Crippen molar-refractivity contribution < 1.29 is 18.4 Å². The average Bonchev–Trinajstić information content (AvgIpc) is 3.09. The molecule has 1 aromatic heterocycles. The molecular formula is C21H25FN2O3. The zero-order valence-electron chi connectivity index (χ0n) is 16.4. The van der Waals surface area contributed by atoms with E-state index in [-0.39, 0.29) is 23.5 Å². The van der Waals surface area contributed by atoms with E-state index in [1.165, 1.54) is 11.0 Å². The Kier molecular flexibility index (Phi) is 5.09. The van der Waals surface area contributed by atoms with Crippen molar-refractivity contribution >= 4 is 28.4 Å². The van der Waals surface area contributed by atoms with E-state index in [2.05, 4.69) is 0 Å². The van der Waals surface area contributed by atoms with Gasteiger partial charge in [-0.3, -0.25) is 9.59 Å². The standard InChI is InChI=1S/C21H25FN2O3/c1-12(2)20(25)24-8-6-7-14(11-24)15-9-13(3)19-16(18(15)22)10-17(27-19)21(26)23(4)5/h7,9-10,12H,6,8,11H2,1-5H3. The van der Waals surface area contributed by atoms with Crippen LogP contribution in [-0.2, 0) is 4.79 Å². The number of furan rings is 1. The lowest BCUT2D eigenvalue weighted by Gasteiger charge is -2.29. The normalized spacial score (nSPS) is 14.6. The quantitative estimate of drug-likeness (QED) is 0.822. The fraction of sp³-hybridized carbons (Fsp3) is 0.429. The predicted octanol–water partition coefficient (Wildman–Crippen LogP) is 3.85. The number of amides is 2. The summed E-state index contributed by atoms with van der Waals surface area (Å²) in [5.74, 6) is -0.629. The van der Waals surface area contributed by atoms with Crippen molar-refractivity contribution in [1.29, 1.82) is 0 Å². The first-order chi connectivity index (χ1) is 12.7. The van der Waals surface area contributed by atoms with Crippen LogP contribution in [0.25, 0.3) is 16.5 Å². The Hall–Kier alpha value is -2.63. The van der Waals surface area contributed by atoms with Crippen LogP contribution in [0, 0.1) is 18.7 Å². The van der Waals surface area contributed by atoms with Crippen LogP contribution < -0.4 is 0 Å². The highest BCUT2D eigenvalue weighted by atomic mass is 19.1. The summed E-state index contributed by atoms with van der Waals surface area (Å²) in [6, 6.07) is 3.20. The van der Waals surface area contributed by atoms with Gasteiger partial charge < -0.3 is 14.2 Å². The number of rotatable bonds is 3. The summed E-state index contributed by atoms with van der Waals surface area (Å²) in [7, 11) is 3.24. The number of aryl methyl sites for hydroxylation is 1. The zero-order valence-corrected chi connectivity index (χ0v) is 16.4. The first-order valence-corrected chi connectivity index (χ1v) is 9.13. The minimum absolute atomic E-state index is 0.0704. The number of halogens is 1. The number of carbonyl (C=O) groups excluding carboxylic acids is 2. The van der Waals surface area contributed by atoms with E-state index < -0.39 is 5.82 Å². The van der Waals surface area contributed by atoms with Crippen LogP contribution in [-0.4, -0.2) is 48.8 Å². The molecule has 0 unspecified atom stereocenters. The van der Waals surface area contributed by atoms with E-state index >= 15 is 4.39 Å². The van der Waals surface area contributed by atoms with Crippen LogP contribution in [0.2, 0.25) is 0 Å². The third kappa shape index (κ3) is 3.48. The van der Waals surface area contributed by atoms with Crippen LogP contribution >= 0.6 is 0 Å². The number of hydrogen-bond acceptors (Lipinski definition) is 3. The van der Waals surface area contributed by atoms with E-state index in [1.54, 1.807) is 25.1 Å². The van der Waals surface area contributed by atoms with E-state index in [0.717, 1.165) is 11.1 Å². The molecule has 0 spiro atoms. The molecule has 0 atom stereocenters. The smallest absolute Gasteiger partial charge is 0.289 e. The van der Waals surface area contributed by atoms with Crippen molar-refractivity contribution in [3.63, 3.8) is 0 Å². The lowest BCUT2D eigenvalue weighted by Crippen LogP contribution is -2.38. The minimum atomic E-state index is -0.415. The first-order valence-electron chi connectivity index (χ1n) is 9.13. The topological polar surface area (TPSA) is 53.8 Å². The highest BCUT2D eigenvalue weighted by Gasteiger charge is 2.25. The van der Waals surface area contributed by atoms with Gasteiger partial charge in [0.1, 0.15) is 11.4 Å². The monoisotopic (exact) mass is 372 g/mol. The molecule has 0 saturated heterocycles. The number of nitrogens with zero attached hydrogens (tertiary/aromatic N) is 2. The third-order valence-electron chi connectivity index (χ3n) is 4.84. The van der Waals surface area contributed by atoms with Crippen molar-refractivity contribution in [2.24, 2.45) is 5.92 Å². The predicted molar refractivity (Wildman–Crippen MR) is 103 cm³/mol. The van der Waals surface area contributed by atoms with Gasteiger partial charge in [-0.2, -0.15) is 0 Å².